The molecule has 2 aromatic rings. The number of fused-ring (bicyclic) bond motifs is 1. The number of benzene rings is 1. The number of tetrazole rings is 1. The van der Waals surface area contributed by atoms with E-state index in [0.29, 0.717) is 25.9 Å². The van der Waals surface area contributed by atoms with Gasteiger partial charge in [0.2, 0.25) is 6.79 Å². The highest BCUT2D eigenvalue weighted by Crippen LogP contribution is 2.33. The molecule has 0 aliphatic carbocycles. The van der Waals surface area contributed by atoms with Crippen molar-refractivity contribution in [2.24, 2.45) is 5.92 Å². The largest absolute Gasteiger partial charge is 0.454 e. The predicted octanol–water partition coefficient (Wildman–Crippen LogP) is 1.95. The second-order valence-electron chi connectivity index (χ2n) is 8.40. The number of methoxy groups -OCH3 is 1. The Morgan fingerprint density at radius 3 is 2.67 bits per heavy atom. The first-order valence-corrected chi connectivity index (χ1v) is 10.7. The Morgan fingerprint density at radius 2 is 1.90 bits per heavy atom. The minimum atomic E-state index is 0.226. The Balaban J connectivity index is 1.38. The highest BCUT2D eigenvalue weighted by Gasteiger charge is 2.30. The molecule has 1 aromatic carbocycles. The van der Waals surface area contributed by atoms with E-state index < -0.39 is 0 Å². The lowest BCUT2D eigenvalue weighted by atomic mass is 10.0. The third-order valence-corrected chi connectivity index (χ3v) is 5.75. The van der Waals surface area contributed by atoms with E-state index in [4.69, 9.17) is 14.2 Å². The maximum absolute atomic E-state index is 5.52. The van der Waals surface area contributed by atoms with E-state index in [9.17, 15) is 0 Å². The van der Waals surface area contributed by atoms with Gasteiger partial charge in [0.1, 0.15) is 0 Å². The zero-order valence-electron chi connectivity index (χ0n) is 18.2. The van der Waals surface area contributed by atoms with Crippen LogP contribution in [0.2, 0.25) is 0 Å². The fraction of sp³-hybridized carbons (Fsp3) is 0.667. The average molecular weight is 417 g/mol. The molecule has 0 saturated carbocycles. The van der Waals surface area contributed by atoms with Crippen LogP contribution in [0.25, 0.3) is 0 Å². The van der Waals surface area contributed by atoms with Gasteiger partial charge in [-0.05, 0) is 40.5 Å². The Morgan fingerprint density at radius 1 is 1.10 bits per heavy atom. The first-order chi connectivity index (χ1) is 14.6. The minimum absolute atomic E-state index is 0.226. The van der Waals surface area contributed by atoms with Crippen LogP contribution >= 0.6 is 0 Å². The maximum atomic E-state index is 5.52. The molecule has 2 aliphatic rings. The van der Waals surface area contributed by atoms with Crippen molar-refractivity contribution in [2.45, 2.75) is 39.4 Å². The number of ether oxygens (including phenoxy) is 3. The molecule has 164 valence electrons. The van der Waals surface area contributed by atoms with Gasteiger partial charge < -0.3 is 14.2 Å². The molecule has 0 amide bonds. The molecule has 0 radical (unpaired) electrons. The fourth-order valence-corrected chi connectivity index (χ4v) is 4.18. The first-order valence-electron chi connectivity index (χ1n) is 10.7. The lowest BCUT2D eigenvalue weighted by Gasteiger charge is -2.39. The van der Waals surface area contributed by atoms with Crippen LogP contribution in [0, 0.1) is 5.92 Å². The van der Waals surface area contributed by atoms with Gasteiger partial charge in [-0.15, -0.1) is 5.10 Å². The van der Waals surface area contributed by atoms with Crippen LogP contribution in [0.4, 0.5) is 0 Å². The molecular formula is C21H32N6O3. The Bertz CT molecular complexity index is 819. The number of hydrogen-bond donors (Lipinski definition) is 0. The van der Waals surface area contributed by atoms with Crippen molar-refractivity contribution in [3.8, 4) is 11.5 Å². The van der Waals surface area contributed by atoms with E-state index in [0.717, 1.165) is 56.5 Å². The van der Waals surface area contributed by atoms with Gasteiger partial charge in [0, 0.05) is 39.8 Å². The van der Waals surface area contributed by atoms with E-state index in [1.807, 2.05) is 10.7 Å². The Kier molecular flexibility index (Phi) is 6.81. The number of aromatic nitrogens is 4. The molecule has 9 nitrogen and oxygen atoms in total. The van der Waals surface area contributed by atoms with Gasteiger partial charge in [0.25, 0.3) is 0 Å². The summed E-state index contributed by atoms with van der Waals surface area (Å²) in [5.41, 5.74) is 1.26. The summed E-state index contributed by atoms with van der Waals surface area (Å²) in [5.74, 6) is 3.21. The van der Waals surface area contributed by atoms with Crippen molar-refractivity contribution < 1.29 is 14.2 Å². The van der Waals surface area contributed by atoms with Gasteiger partial charge in [-0.25, -0.2) is 4.68 Å². The van der Waals surface area contributed by atoms with Crippen LogP contribution in [0.15, 0.2) is 18.2 Å². The second kappa shape index (κ2) is 9.72. The zero-order valence-corrected chi connectivity index (χ0v) is 18.2. The average Bonchev–Trinajstić information content (AvgIpc) is 3.40. The highest BCUT2D eigenvalue weighted by molar-refractivity contribution is 5.44. The van der Waals surface area contributed by atoms with Crippen molar-refractivity contribution in [1.82, 2.24) is 30.0 Å². The van der Waals surface area contributed by atoms with E-state index in [2.05, 4.69) is 51.3 Å². The number of rotatable bonds is 9. The second-order valence-corrected chi connectivity index (χ2v) is 8.40. The van der Waals surface area contributed by atoms with Gasteiger partial charge in [-0.2, -0.15) is 0 Å². The molecule has 1 fully saturated rings. The molecule has 3 heterocycles. The topological polar surface area (TPSA) is 77.8 Å². The fourth-order valence-electron chi connectivity index (χ4n) is 4.18. The number of nitrogens with zero attached hydrogens (tertiary/aromatic N) is 6. The van der Waals surface area contributed by atoms with Crippen molar-refractivity contribution in [3.05, 3.63) is 29.6 Å². The molecule has 1 atom stereocenters. The molecule has 4 rings (SSSR count). The van der Waals surface area contributed by atoms with E-state index >= 15 is 0 Å². The third-order valence-electron chi connectivity index (χ3n) is 5.75. The van der Waals surface area contributed by atoms with Crippen LogP contribution in [0.3, 0.4) is 0 Å². The van der Waals surface area contributed by atoms with Crippen molar-refractivity contribution >= 4 is 0 Å². The number of hydrogen-bond acceptors (Lipinski definition) is 8. The van der Waals surface area contributed by atoms with E-state index in [1.165, 1.54) is 5.56 Å². The van der Waals surface area contributed by atoms with E-state index in [-0.39, 0.29) is 6.04 Å². The summed E-state index contributed by atoms with van der Waals surface area (Å²) in [6, 6.07) is 6.46. The standard InChI is InChI=1S/C21H32N6O3/c1-16(2)12-18(21-22-23-24-27(21)10-11-28-3)26-8-6-25(7-9-26)14-17-4-5-19-20(13-17)30-15-29-19/h4-5,13,16,18H,6-12,14-15H2,1-3H3/t18-/m0/s1. The van der Waals surface area contributed by atoms with Crippen LogP contribution in [-0.4, -0.2) is 76.7 Å². The summed E-state index contributed by atoms with van der Waals surface area (Å²) in [7, 11) is 1.70. The lowest BCUT2D eigenvalue weighted by molar-refractivity contribution is 0.0757. The van der Waals surface area contributed by atoms with Crippen LogP contribution in [0.1, 0.15) is 37.7 Å². The smallest absolute Gasteiger partial charge is 0.231 e. The van der Waals surface area contributed by atoms with Gasteiger partial charge in [-0.1, -0.05) is 19.9 Å². The quantitative estimate of drug-likeness (QED) is 0.614. The molecule has 1 aromatic heterocycles. The summed E-state index contributed by atoms with van der Waals surface area (Å²) in [4.78, 5) is 5.03. The Labute approximate surface area is 177 Å². The summed E-state index contributed by atoms with van der Waals surface area (Å²) in [6.07, 6.45) is 1.04. The molecule has 2 aliphatic heterocycles. The molecule has 1 saturated heterocycles. The SMILES string of the molecule is COCCn1nnnc1[C@H](CC(C)C)N1CCN(Cc2ccc3c(c2)OCO3)CC1. The Hall–Kier alpha value is -2.23. The monoisotopic (exact) mass is 416 g/mol. The zero-order chi connectivity index (χ0) is 20.9. The molecule has 30 heavy (non-hydrogen) atoms. The third kappa shape index (κ3) is 4.91. The minimum Gasteiger partial charge on any atom is -0.454 e. The first kappa shape index (κ1) is 21.0. The predicted molar refractivity (Wildman–Crippen MR) is 111 cm³/mol. The van der Waals surface area contributed by atoms with Gasteiger partial charge in [-0.3, -0.25) is 9.80 Å². The van der Waals surface area contributed by atoms with Gasteiger partial charge in [0.15, 0.2) is 17.3 Å². The summed E-state index contributed by atoms with van der Waals surface area (Å²) in [5, 5.41) is 12.5. The van der Waals surface area contributed by atoms with Crippen molar-refractivity contribution in [3.63, 3.8) is 0 Å². The summed E-state index contributed by atoms with van der Waals surface area (Å²) in [6.45, 7) is 11.1. The van der Waals surface area contributed by atoms with Crippen molar-refractivity contribution in [1.29, 1.82) is 0 Å². The van der Waals surface area contributed by atoms with Crippen LogP contribution in [-0.2, 0) is 17.8 Å². The maximum Gasteiger partial charge on any atom is 0.231 e. The molecule has 0 bridgehead atoms. The van der Waals surface area contributed by atoms with E-state index in [1.54, 1.807) is 7.11 Å². The summed E-state index contributed by atoms with van der Waals surface area (Å²) < 4.78 is 18.1. The summed E-state index contributed by atoms with van der Waals surface area (Å²) >= 11 is 0. The molecular weight excluding hydrogens is 384 g/mol. The lowest BCUT2D eigenvalue weighted by Crippen LogP contribution is -2.48. The van der Waals surface area contributed by atoms with Gasteiger partial charge >= 0.3 is 0 Å². The molecule has 9 heteroatoms. The molecule has 0 spiro atoms. The van der Waals surface area contributed by atoms with Crippen molar-refractivity contribution in [2.75, 3.05) is 46.7 Å². The normalized spacial score (nSPS) is 18.3. The highest BCUT2D eigenvalue weighted by atomic mass is 16.7. The molecule has 0 N–H and O–H groups in total. The molecule has 0 unspecified atom stereocenters. The number of piperazine rings is 1. The van der Waals surface area contributed by atoms with Gasteiger partial charge in [0.05, 0.1) is 19.2 Å². The van der Waals surface area contributed by atoms with Crippen LogP contribution in [0.5, 0.6) is 11.5 Å². The van der Waals surface area contributed by atoms with Crippen LogP contribution < -0.4 is 9.47 Å².